The first-order valence-corrected chi connectivity index (χ1v) is 20.9. The summed E-state index contributed by atoms with van der Waals surface area (Å²) in [5.74, 6) is -3.27. The van der Waals surface area contributed by atoms with Crippen molar-refractivity contribution in [2.45, 2.75) is 74.6 Å². The van der Waals surface area contributed by atoms with Gasteiger partial charge in [-0.2, -0.15) is 0 Å². The van der Waals surface area contributed by atoms with Crippen molar-refractivity contribution in [1.82, 2.24) is 15.2 Å². The number of nitrogens with one attached hydrogen (secondary N) is 2. The number of fused-ring (bicyclic) bond motifs is 1. The second kappa shape index (κ2) is 17.0. The molecule has 1 unspecified atom stereocenters. The van der Waals surface area contributed by atoms with Gasteiger partial charge >= 0.3 is 11.9 Å². The largest absolute Gasteiger partial charge is 0.477 e. The highest BCUT2D eigenvalue weighted by atomic mass is 32.2. The van der Waals surface area contributed by atoms with Gasteiger partial charge in [-0.1, -0.05) is 101 Å². The molecule has 2 amide bonds. The van der Waals surface area contributed by atoms with E-state index in [1.807, 2.05) is 91.0 Å². The number of rotatable bonds is 14. The number of azide groups is 1. The number of ether oxygens (including phenoxy) is 1. The second-order valence-electron chi connectivity index (χ2n) is 15.3. The Morgan fingerprint density at radius 2 is 1.54 bits per heavy atom. The highest BCUT2D eigenvalue weighted by molar-refractivity contribution is 8.00. The Bertz CT molecular complexity index is 2240. The van der Waals surface area contributed by atoms with E-state index in [-0.39, 0.29) is 35.0 Å². The lowest BCUT2D eigenvalue weighted by atomic mass is 9.77. The number of amides is 2. The Morgan fingerprint density at radius 3 is 2.07 bits per heavy atom. The summed E-state index contributed by atoms with van der Waals surface area (Å²) in [6.07, 6.45) is 1.98. The van der Waals surface area contributed by atoms with Crippen molar-refractivity contribution < 1.29 is 33.9 Å². The van der Waals surface area contributed by atoms with Gasteiger partial charge in [0, 0.05) is 28.9 Å². The number of benzene rings is 3. The highest BCUT2D eigenvalue weighted by Crippen LogP contribution is 2.42. The first-order valence-electron chi connectivity index (χ1n) is 19.0. The molecule has 1 aromatic heterocycles. The molecule has 7 rings (SSSR count). The molecule has 1 saturated carbocycles. The Hall–Kier alpha value is -6.16. The average molecular weight is 835 g/mol. The molecule has 3 aliphatic rings. The number of thioether (sulfide) groups is 1. The third kappa shape index (κ3) is 8.26. The number of aliphatic carboxylic acids is 1. The first kappa shape index (κ1) is 41.0. The van der Waals surface area contributed by atoms with Gasteiger partial charge in [0.1, 0.15) is 33.9 Å². The smallest absolute Gasteiger partial charge is 0.353 e. The Balaban J connectivity index is 1.26. The minimum absolute atomic E-state index is 0.109. The number of thiazole rings is 1. The van der Waals surface area contributed by atoms with E-state index in [0.29, 0.717) is 30.8 Å². The van der Waals surface area contributed by atoms with Crippen molar-refractivity contribution in [2.24, 2.45) is 10.3 Å². The molecule has 2 aliphatic heterocycles. The van der Waals surface area contributed by atoms with Crippen LogP contribution in [0, 0.1) is 0 Å². The third-order valence-electron chi connectivity index (χ3n) is 10.2. The van der Waals surface area contributed by atoms with Crippen LogP contribution in [0.2, 0.25) is 0 Å². The lowest BCUT2D eigenvalue weighted by Crippen LogP contribution is -2.71. The molecular formula is C42H42N8O7S2. The van der Waals surface area contributed by atoms with Crippen LogP contribution in [0.4, 0.5) is 5.13 Å². The van der Waals surface area contributed by atoms with Crippen LogP contribution in [0.5, 0.6) is 0 Å². The molecule has 2 fully saturated rings. The minimum Gasteiger partial charge on any atom is -0.477 e. The normalized spacial score (nSPS) is 18.9. The molecule has 0 bridgehead atoms. The molecule has 0 radical (unpaired) electrons. The van der Waals surface area contributed by atoms with Gasteiger partial charge < -0.3 is 25.3 Å². The quantitative estimate of drug-likeness (QED) is 0.0174. The lowest BCUT2D eigenvalue weighted by molar-refractivity contribution is -0.183. The van der Waals surface area contributed by atoms with Gasteiger partial charge in [-0.3, -0.25) is 14.5 Å². The fourth-order valence-electron chi connectivity index (χ4n) is 7.50. The third-order valence-corrected chi connectivity index (χ3v) is 12.3. The fraction of sp³-hybridized carbons (Fsp3) is 0.333. The molecule has 3 heterocycles. The predicted molar refractivity (Wildman–Crippen MR) is 223 cm³/mol. The Kier molecular flexibility index (Phi) is 11.8. The molecule has 15 nitrogen and oxygen atoms in total. The molecule has 304 valence electrons. The number of aromatic nitrogens is 1. The lowest BCUT2D eigenvalue weighted by Gasteiger charge is -2.49. The number of oxime groups is 1. The molecule has 2 atom stereocenters. The second-order valence-corrected chi connectivity index (χ2v) is 17.2. The first-order chi connectivity index (χ1) is 28.4. The molecule has 1 saturated heterocycles. The maximum absolute atomic E-state index is 14.4. The summed E-state index contributed by atoms with van der Waals surface area (Å²) in [4.78, 5) is 68.6. The Morgan fingerprint density at radius 1 is 0.966 bits per heavy atom. The van der Waals surface area contributed by atoms with Gasteiger partial charge in [0.15, 0.2) is 10.8 Å². The van der Waals surface area contributed by atoms with Crippen LogP contribution >= 0.6 is 23.1 Å². The monoisotopic (exact) mass is 834 g/mol. The molecule has 4 aromatic rings. The van der Waals surface area contributed by atoms with E-state index in [9.17, 15) is 24.3 Å². The van der Waals surface area contributed by atoms with E-state index in [2.05, 4.69) is 25.8 Å². The number of carboxylic acid groups (broad SMARTS) is 1. The minimum atomic E-state index is -1.45. The van der Waals surface area contributed by atoms with Crippen molar-refractivity contribution in [1.29, 1.82) is 0 Å². The van der Waals surface area contributed by atoms with Crippen molar-refractivity contribution in [2.75, 3.05) is 17.6 Å². The number of anilines is 1. The maximum atomic E-state index is 14.4. The SMILES string of the molecule is CC(C)(C)OC(=O)C1(ON=C(C(=O)NC2C(=O)N3C(C(=O)O)=C(CN=[N+]=[N-])CS[C@@H]23)c2csc(NC(c3ccccc3)(c3ccccc3)c3ccccc3)n2)CCCC1. The number of carboxylic acids is 1. The number of nitrogens with zero attached hydrogens (tertiary/aromatic N) is 6. The van der Waals surface area contributed by atoms with Crippen molar-refractivity contribution in [3.05, 3.63) is 140 Å². The van der Waals surface area contributed by atoms with Crippen LogP contribution in [0.25, 0.3) is 10.4 Å². The van der Waals surface area contributed by atoms with Crippen molar-refractivity contribution in [3.8, 4) is 0 Å². The topological polar surface area (TPSA) is 208 Å². The number of hydrogen-bond donors (Lipinski definition) is 3. The van der Waals surface area contributed by atoms with Crippen LogP contribution < -0.4 is 10.6 Å². The fourth-order valence-corrected chi connectivity index (χ4v) is 9.59. The van der Waals surface area contributed by atoms with Gasteiger partial charge in [0.25, 0.3) is 11.8 Å². The summed E-state index contributed by atoms with van der Waals surface area (Å²) in [7, 11) is 0. The predicted octanol–water partition coefficient (Wildman–Crippen LogP) is 6.97. The van der Waals surface area contributed by atoms with Crippen LogP contribution in [-0.2, 0) is 34.3 Å². The number of hydrogen-bond acceptors (Lipinski definition) is 12. The van der Waals surface area contributed by atoms with Crippen LogP contribution in [0.1, 0.15) is 68.8 Å². The van der Waals surface area contributed by atoms with Gasteiger partial charge in [0.05, 0.1) is 6.54 Å². The van der Waals surface area contributed by atoms with Crippen LogP contribution in [0.3, 0.4) is 0 Å². The van der Waals surface area contributed by atoms with Gasteiger partial charge in [-0.15, -0.1) is 23.1 Å². The molecule has 3 aromatic carbocycles. The van der Waals surface area contributed by atoms with Crippen LogP contribution in [0.15, 0.2) is 118 Å². The van der Waals surface area contributed by atoms with E-state index < -0.39 is 51.9 Å². The molecule has 3 N–H and O–H groups in total. The van der Waals surface area contributed by atoms with Gasteiger partial charge in [-0.05, 0) is 61.4 Å². The van der Waals surface area contributed by atoms with E-state index >= 15 is 0 Å². The zero-order chi connectivity index (χ0) is 41.8. The number of esters is 1. The molecule has 17 heteroatoms. The number of β-lactam (4-membered cyclic amide) rings is 1. The summed E-state index contributed by atoms with van der Waals surface area (Å²) < 4.78 is 5.75. The van der Waals surface area contributed by atoms with Gasteiger partial charge in [-0.25, -0.2) is 14.6 Å². The van der Waals surface area contributed by atoms with Crippen LogP contribution in [-0.4, -0.2) is 79.4 Å². The van der Waals surface area contributed by atoms with E-state index in [4.69, 9.17) is 20.1 Å². The Labute approximate surface area is 348 Å². The molecule has 59 heavy (non-hydrogen) atoms. The summed E-state index contributed by atoms with van der Waals surface area (Å²) >= 11 is 2.46. The summed E-state index contributed by atoms with van der Waals surface area (Å²) in [6.45, 7) is 5.05. The molecular weight excluding hydrogens is 793 g/mol. The van der Waals surface area contributed by atoms with Crippen molar-refractivity contribution >= 4 is 57.7 Å². The summed E-state index contributed by atoms with van der Waals surface area (Å²) in [5.41, 5.74) is 8.23. The number of carbonyl (C=O) groups is 4. The van der Waals surface area contributed by atoms with E-state index in [1.165, 1.54) is 23.1 Å². The number of carbonyl (C=O) groups excluding carboxylic acids is 3. The average Bonchev–Trinajstić information content (AvgIpc) is 3.92. The van der Waals surface area contributed by atoms with Gasteiger partial charge in [0.2, 0.25) is 5.60 Å². The van der Waals surface area contributed by atoms with Crippen molar-refractivity contribution in [3.63, 3.8) is 0 Å². The molecule has 1 aliphatic carbocycles. The van der Waals surface area contributed by atoms with E-state index in [0.717, 1.165) is 21.6 Å². The van der Waals surface area contributed by atoms with E-state index in [1.54, 1.807) is 26.2 Å². The highest BCUT2D eigenvalue weighted by Gasteiger charge is 2.55. The zero-order valence-corrected chi connectivity index (χ0v) is 34.2. The molecule has 0 spiro atoms. The standard InChI is InChI=1S/C42H42N8O7S2/c1-40(2,3)56-38(55)41(21-13-14-22-41)57-48-31(34(51)46-32-35(52)50-33(37(53)54)26(23-44-49-43)24-58-36(32)50)30-25-59-39(45-30)47-42(27-15-7-4-8-16-27,28-17-9-5-10-18-28)29-19-11-6-12-20-29/h4-12,15-20,25,32,36H,13-14,21-24H2,1-3H3,(H,45,47)(H,46,51)(H,53,54)/t32?,36-/m0/s1. The summed E-state index contributed by atoms with van der Waals surface area (Å²) in [5, 5.41) is 25.6. The zero-order valence-electron chi connectivity index (χ0n) is 32.5. The summed E-state index contributed by atoms with van der Waals surface area (Å²) in [6, 6.07) is 28.7. The maximum Gasteiger partial charge on any atom is 0.353 e.